The van der Waals surface area contributed by atoms with Crippen molar-refractivity contribution in [2.45, 2.75) is 19.8 Å². The number of carbonyl (C=O) groups is 2. The summed E-state index contributed by atoms with van der Waals surface area (Å²) >= 11 is 0. The van der Waals surface area contributed by atoms with E-state index in [1.54, 1.807) is 24.8 Å². The highest BCUT2D eigenvalue weighted by atomic mass is 16.6. The molecule has 1 atom stereocenters. The van der Waals surface area contributed by atoms with Crippen molar-refractivity contribution in [2.75, 3.05) is 13.7 Å². The second-order valence-electron chi connectivity index (χ2n) is 7.50. The lowest BCUT2D eigenvalue weighted by atomic mass is 9.79. The molecule has 33 heavy (non-hydrogen) atoms. The summed E-state index contributed by atoms with van der Waals surface area (Å²) in [5, 5.41) is 21.4. The van der Waals surface area contributed by atoms with E-state index in [0.717, 1.165) is 5.56 Å². The van der Waals surface area contributed by atoms with Gasteiger partial charge in [0.25, 0.3) is 5.69 Å². The van der Waals surface area contributed by atoms with Crippen LogP contribution in [0, 0.1) is 10.1 Å². The Labute approximate surface area is 191 Å². The summed E-state index contributed by atoms with van der Waals surface area (Å²) in [4.78, 5) is 37.7. The highest BCUT2D eigenvalue weighted by molar-refractivity contribution is 5.99. The Hall–Kier alpha value is -4.20. The monoisotopic (exact) mass is 448 g/mol. The van der Waals surface area contributed by atoms with E-state index < -0.39 is 22.8 Å². The average molecular weight is 448 g/mol. The summed E-state index contributed by atoms with van der Waals surface area (Å²) in [5.41, 5.74) is 2.20. The Balaban J connectivity index is 2.13. The number of aliphatic carboxylic acids is 1. The van der Waals surface area contributed by atoms with Crippen LogP contribution in [0.25, 0.3) is 6.08 Å². The zero-order valence-electron chi connectivity index (χ0n) is 18.5. The molecule has 0 saturated heterocycles. The molecule has 0 saturated carbocycles. The Morgan fingerprint density at radius 1 is 1.09 bits per heavy atom. The molecule has 8 heteroatoms. The largest absolute Gasteiger partial charge is 0.478 e. The van der Waals surface area contributed by atoms with Crippen LogP contribution in [0.2, 0.25) is 0 Å². The van der Waals surface area contributed by atoms with Crippen LogP contribution in [-0.2, 0) is 14.3 Å². The lowest BCUT2D eigenvalue weighted by Crippen LogP contribution is -2.34. The van der Waals surface area contributed by atoms with E-state index in [-0.39, 0.29) is 16.8 Å². The second-order valence-corrected chi connectivity index (χ2v) is 7.50. The number of carboxylic acid groups (broad SMARTS) is 1. The number of rotatable bonds is 7. The number of nitrogens with zero attached hydrogens (tertiary/aromatic N) is 2. The van der Waals surface area contributed by atoms with E-state index in [1.807, 2.05) is 42.5 Å². The van der Waals surface area contributed by atoms with Crippen molar-refractivity contribution in [3.8, 4) is 0 Å². The van der Waals surface area contributed by atoms with Crippen molar-refractivity contribution in [3.63, 3.8) is 0 Å². The number of esters is 1. The van der Waals surface area contributed by atoms with Gasteiger partial charge in [-0.2, -0.15) is 0 Å². The van der Waals surface area contributed by atoms with Crippen LogP contribution in [0.1, 0.15) is 30.9 Å². The number of non-ortho nitro benzene ring substituents is 1. The number of allylic oxidation sites excluding steroid dienone is 2. The zero-order chi connectivity index (χ0) is 24.1. The second kappa shape index (κ2) is 9.95. The number of nitro groups is 1. The third-order valence-electron chi connectivity index (χ3n) is 5.61. The molecule has 1 aliphatic rings. The quantitative estimate of drug-likeness (QED) is 0.377. The molecule has 8 nitrogen and oxygen atoms in total. The van der Waals surface area contributed by atoms with Crippen LogP contribution in [0.4, 0.5) is 5.69 Å². The van der Waals surface area contributed by atoms with Crippen LogP contribution in [0.5, 0.6) is 0 Å². The van der Waals surface area contributed by atoms with Gasteiger partial charge in [0.15, 0.2) is 0 Å². The molecule has 0 aromatic heterocycles. The van der Waals surface area contributed by atoms with Gasteiger partial charge in [-0.25, -0.2) is 9.59 Å². The van der Waals surface area contributed by atoms with E-state index in [1.165, 1.54) is 25.3 Å². The van der Waals surface area contributed by atoms with Crippen molar-refractivity contribution in [1.29, 1.82) is 0 Å². The molecule has 0 aliphatic carbocycles. The maximum Gasteiger partial charge on any atom is 0.336 e. The minimum Gasteiger partial charge on any atom is -0.478 e. The van der Waals surface area contributed by atoms with Gasteiger partial charge in [-0.05, 0) is 25.0 Å². The van der Waals surface area contributed by atoms with Crippen molar-refractivity contribution in [3.05, 3.63) is 104 Å². The lowest BCUT2D eigenvalue weighted by molar-refractivity contribution is -0.384. The molecule has 1 heterocycles. The minimum atomic E-state index is -1.21. The summed E-state index contributed by atoms with van der Waals surface area (Å²) in [6.45, 7) is 3.71. The molecular weight excluding hydrogens is 424 g/mol. The van der Waals surface area contributed by atoms with Crippen LogP contribution in [-0.4, -0.2) is 40.5 Å². The molecule has 0 fully saturated rings. The predicted molar refractivity (Wildman–Crippen MR) is 123 cm³/mol. The summed E-state index contributed by atoms with van der Waals surface area (Å²) in [6, 6.07) is 15.3. The fourth-order valence-corrected chi connectivity index (χ4v) is 4.04. The first-order chi connectivity index (χ1) is 15.8. The molecule has 1 unspecified atom stereocenters. The first-order valence-corrected chi connectivity index (χ1v) is 10.2. The third-order valence-corrected chi connectivity index (χ3v) is 5.61. The Morgan fingerprint density at radius 3 is 2.36 bits per heavy atom. The SMILES string of the molecule is COC(=O)C1=C(C)N(CC=Cc2ccccc2)C(C)=C(C(=O)O)C1c1cccc([N+](=O)[O-])c1. The predicted octanol–water partition coefficient (Wildman–Crippen LogP) is 4.51. The van der Waals surface area contributed by atoms with E-state index >= 15 is 0 Å². The van der Waals surface area contributed by atoms with Gasteiger partial charge in [0, 0.05) is 30.1 Å². The fourth-order valence-electron chi connectivity index (χ4n) is 4.04. The number of benzene rings is 2. The Kier molecular flexibility index (Phi) is 7.07. The van der Waals surface area contributed by atoms with Crippen LogP contribution >= 0.6 is 0 Å². The molecule has 170 valence electrons. The van der Waals surface area contributed by atoms with Gasteiger partial charge in [-0.3, -0.25) is 10.1 Å². The van der Waals surface area contributed by atoms with Crippen molar-refractivity contribution >= 4 is 23.7 Å². The summed E-state index contributed by atoms with van der Waals surface area (Å²) in [6.07, 6.45) is 3.79. The van der Waals surface area contributed by atoms with E-state index in [4.69, 9.17) is 4.74 Å². The van der Waals surface area contributed by atoms with Crippen LogP contribution < -0.4 is 0 Å². The summed E-state index contributed by atoms with van der Waals surface area (Å²) in [7, 11) is 1.22. The Bertz CT molecular complexity index is 1180. The number of hydrogen-bond donors (Lipinski definition) is 1. The first-order valence-electron chi connectivity index (χ1n) is 10.2. The fraction of sp³-hybridized carbons (Fsp3) is 0.200. The van der Waals surface area contributed by atoms with Crippen molar-refractivity contribution in [1.82, 2.24) is 4.90 Å². The molecule has 0 spiro atoms. The van der Waals surface area contributed by atoms with Gasteiger partial charge >= 0.3 is 11.9 Å². The van der Waals surface area contributed by atoms with Gasteiger partial charge in [-0.15, -0.1) is 0 Å². The number of carboxylic acids is 1. The highest BCUT2D eigenvalue weighted by Gasteiger charge is 2.40. The molecular formula is C25H24N2O6. The Morgan fingerprint density at radius 2 is 1.76 bits per heavy atom. The van der Waals surface area contributed by atoms with Gasteiger partial charge in [0.2, 0.25) is 0 Å². The summed E-state index contributed by atoms with van der Waals surface area (Å²) in [5.74, 6) is -2.91. The van der Waals surface area contributed by atoms with Gasteiger partial charge in [0.05, 0.1) is 29.1 Å². The molecule has 0 bridgehead atoms. The number of ether oxygens (including phenoxy) is 1. The van der Waals surface area contributed by atoms with Gasteiger partial charge < -0.3 is 14.7 Å². The standard InChI is InChI=1S/C25H24N2O6/c1-16-21(24(28)29)23(19-12-7-13-20(15-19)27(31)32)22(25(30)33-3)17(2)26(16)14-8-11-18-9-5-4-6-10-18/h4-13,15,23H,14H2,1-3H3,(H,28,29). The molecule has 0 radical (unpaired) electrons. The number of nitro benzene ring substituents is 1. The van der Waals surface area contributed by atoms with Crippen LogP contribution in [0.15, 0.2) is 83.2 Å². The number of methoxy groups -OCH3 is 1. The first kappa shape index (κ1) is 23.5. The maximum atomic E-state index is 12.8. The maximum absolute atomic E-state index is 12.8. The molecule has 1 aliphatic heterocycles. The van der Waals surface area contributed by atoms with Crippen molar-refractivity contribution in [2.24, 2.45) is 0 Å². The highest BCUT2D eigenvalue weighted by Crippen LogP contribution is 2.43. The molecule has 1 N–H and O–H groups in total. The molecule has 2 aromatic rings. The smallest absolute Gasteiger partial charge is 0.336 e. The van der Waals surface area contributed by atoms with E-state index in [0.29, 0.717) is 23.5 Å². The zero-order valence-corrected chi connectivity index (χ0v) is 18.5. The normalized spacial score (nSPS) is 16.3. The lowest BCUT2D eigenvalue weighted by Gasteiger charge is -2.36. The van der Waals surface area contributed by atoms with Crippen molar-refractivity contribution < 1.29 is 24.4 Å². The average Bonchev–Trinajstić information content (AvgIpc) is 2.80. The number of carbonyl (C=O) groups excluding carboxylic acids is 1. The molecule has 0 amide bonds. The van der Waals surface area contributed by atoms with E-state index in [2.05, 4.69) is 0 Å². The minimum absolute atomic E-state index is 0.0328. The van der Waals surface area contributed by atoms with Gasteiger partial charge in [0.1, 0.15) is 0 Å². The number of hydrogen-bond acceptors (Lipinski definition) is 6. The molecule has 2 aromatic carbocycles. The molecule has 3 rings (SSSR count). The topological polar surface area (TPSA) is 110 Å². The van der Waals surface area contributed by atoms with Gasteiger partial charge in [-0.1, -0.05) is 54.6 Å². The van der Waals surface area contributed by atoms with Crippen LogP contribution in [0.3, 0.4) is 0 Å². The summed E-state index contributed by atoms with van der Waals surface area (Å²) < 4.78 is 4.98. The van der Waals surface area contributed by atoms with E-state index in [9.17, 15) is 24.8 Å². The third kappa shape index (κ3) is 4.85.